The van der Waals surface area contributed by atoms with E-state index in [9.17, 15) is 4.79 Å². The standard InChI is InChI=1S/C26H25BrN2O/c1-19-8-2-3-10-21(19)17-29-18-22(23-11-5-7-13-25(23)29)14-15-26(30)28-16-20-9-4-6-12-24(20)27/h2-13,18H,14-17H2,1H3,(H,28,30). The number of nitrogens with zero attached hydrogens (tertiary/aromatic N) is 1. The second kappa shape index (κ2) is 9.31. The lowest BCUT2D eigenvalue weighted by Crippen LogP contribution is -2.23. The van der Waals surface area contributed by atoms with E-state index in [1.165, 1.54) is 27.6 Å². The fourth-order valence-electron chi connectivity index (χ4n) is 3.80. The van der Waals surface area contributed by atoms with Crippen molar-refractivity contribution in [2.24, 2.45) is 0 Å². The molecule has 0 bridgehead atoms. The number of halogens is 1. The summed E-state index contributed by atoms with van der Waals surface area (Å²) in [6.45, 7) is 3.52. The molecule has 0 aliphatic carbocycles. The number of carbonyl (C=O) groups excluding carboxylic acids is 1. The quantitative estimate of drug-likeness (QED) is 0.359. The Balaban J connectivity index is 1.46. The number of hydrogen-bond acceptors (Lipinski definition) is 1. The molecule has 4 heteroatoms. The van der Waals surface area contributed by atoms with Crippen LogP contribution in [0.25, 0.3) is 10.9 Å². The normalized spacial score (nSPS) is 11.0. The Bertz CT molecular complexity index is 1180. The number of aryl methyl sites for hydroxylation is 2. The van der Waals surface area contributed by atoms with Gasteiger partial charge < -0.3 is 9.88 Å². The smallest absolute Gasteiger partial charge is 0.220 e. The fourth-order valence-corrected chi connectivity index (χ4v) is 4.22. The van der Waals surface area contributed by atoms with E-state index in [0.717, 1.165) is 23.0 Å². The lowest BCUT2D eigenvalue weighted by atomic mass is 10.1. The highest BCUT2D eigenvalue weighted by Gasteiger charge is 2.11. The molecule has 1 aromatic heterocycles. The first kappa shape index (κ1) is 20.4. The van der Waals surface area contributed by atoms with Gasteiger partial charge in [-0.3, -0.25) is 4.79 Å². The topological polar surface area (TPSA) is 34.0 Å². The number of fused-ring (bicyclic) bond motifs is 1. The van der Waals surface area contributed by atoms with Crippen molar-refractivity contribution < 1.29 is 4.79 Å². The maximum atomic E-state index is 12.4. The number of rotatable bonds is 7. The van der Waals surface area contributed by atoms with Gasteiger partial charge >= 0.3 is 0 Å². The zero-order chi connectivity index (χ0) is 20.9. The highest BCUT2D eigenvalue weighted by Crippen LogP contribution is 2.24. The molecule has 1 amide bonds. The highest BCUT2D eigenvalue weighted by atomic mass is 79.9. The van der Waals surface area contributed by atoms with Crippen molar-refractivity contribution in [3.63, 3.8) is 0 Å². The number of hydrogen-bond donors (Lipinski definition) is 1. The van der Waals surface area contributed by atoms with Crippen molar-refractivity contribution in [3.05, 3.63) is 106 Å². The lowest BCUT2D eigenvalue weighted by molar-refractivity contribution is -0.121. The third-order valence-corrected chi connectivity index (χ3v) is 6.30. The van der Waals surface area contributed by atoms with Crippen molar-refractivity contribution in [3.8, 4) is 0 Å². The minimum atomic E-state index is 0.0708. The van der Waals surface area contributed by atoms with E-state index in [1.807, 2.05) is 24.3 Å². The van der Waals surface area contributed by atoms with Crippen molar-refractivity contribution >= 4 is 32.7 Å². The van der Waals surface area contributed by atoms with E-state index < -0.39 is 0 Å². The number of benzene rings is 3. The van der Waals surface area contributed by atoms with Gasteiger partial charge in [-0.15, -0.1) is 0 Å². The van der Waals surface area contributed by atoms with Gasteiger partial charge in [-0.05, 0) is 47.7 Å². The molecule has 0 unspecified atom stereocenters. The van der Waals surface area contributed by atoms with Gasteiger partial charge in [-0.25, -0.2) is 0 Å². The summed E-state index contributed by atoms with van der Waals surface area (Å²) in [4.78, 5) is 12.4. The molecular formula is C26H25BrN2O. The summed E-state index contributed by atoms with van der Waals surface area (Å²) in [7, 11) is 0. The second-order valence-electron chi connectivity index (χ2n) is 7.59. The molecule has 0 spiro atoms. The molecule has 3 nitrogen and oxygen atoms in total. The number of nitrogens with one attached hydrogen (secondary N) is 1. The molecule has 4 rings (SSSR count). The van der Waals surface area contributed by atoms with Crippen LogP contribution in [-0.4, -0.2) is 10.5 Å². The summed E-state index contributed by atoms with van der Waals surface area (Å²) in [5.74, 6) is 0.0708. The molecule has 0 aliphatic heterocycles. The lowest BCUT2D eigenvalue weighted by Gasteiger charge is -2.08. The van der Waals surface area contributed by atoms with Gasteiger partial charge in [0, 0.05) is 41.1 Å². The number of aromatic nitrogens is 1. The Labute approximate surface area is 185 Å². The van der Waals surface area contributed by atoms with Crippen molar-refractivity contribution in [2.45, 2.75) is 32.9 Å². The SMILES string of the molecule is Cc1ccccc1Cn1cc(CCC(=O)NCc2ccccc2Br)c2ccccc21. The van der Waals surface area contributed by atoms with Crippen LogP contribution in [0.15, 0.2) is 83.5 Å². The molecule has 0 radical (unpaired) electrons. The van der Waals surface area contributed by atoms with E-state index in [0.29, 0.717) is 13.0 Å². The molecule has 0 atom stereocenters. The largest absolute Gasteiger partial charge is 0.352 e. The Morgan fingerprint density at radius 2 is 1.60 bits per heavy atom. The Morgan fingerprint density at radius 3 is 2.40 bits per heavy atom. The van der Waals surface area contributed by atoms with Crippen LogP contribution < -0.4 is 5.32 Å². The third-order valence-electron chi connectivity index (χ3n) is 5.53. The van der Waals surface area contributed by atoms with Crippen LogP contribution in [0.3, 0.4) is 0 Å². The minimum Gasteiger partial charge on any atom is -0.352 e. The predicted octanol–water partition coefficient (Wildman–Crippen LogP) is 6.01. The van der Waals surface area contributed by atoms with Gasteiger partial charge in [-0.1, -0.05) is 76.6 Å². The summed E-state index contributed by atoms with van der Waals surface area (Å²) in [6.07, 6.45) is 3.41. The van der Waals surface area contributed by atoms with Crippen LogP contribution in [0.5, 0.6) is 0 Å². The van der Waals surface area contributed by atoms with Crippen LogP contribution in [0.1, 0.15) is 28.7 Å². The minimum absolute atomic E-state index is 0.0708. The molecule has 30 heavy (non-hydrogen) atoms. The molecule has 0 aliphatic rings. The molecule has 0 fully saturated rings. The summed E-state index contributed by atoms with van der Waals surface area (Å²) in [5, 5.41) is 4.26. The first-order valence-electron chi connectivity index (χ1n) is 10.2. The summed E-state index contributed by atoms with van der Waals surface area (Å²) in [5.41, 5.74) is 6.12. The van der Waals surface area contributed by atoms with Crippen molar-refractivity contribution in [1.29, 1.82) is 0 Å². The highest BCUT2D eigenvalue weighted by molar-refractivity contribution is 9.10. The molecule has 1 N–H and O–H groups in total. The molecule has 152 valence electrons. The molecular weight excluding hydrogens is 436 g/mol. The number of carbonyl (C=O) groups is 1. The summed E-state index contributed by atoms with van der Waals surface area (Å²) < 4.78 is 3.32. The van der Waals surface area contributed by atoms with Gasteiger partial charge in [0.1, 0.15) is 0 Å². The Hall–Kier alpha value is -2.85. The van der Waals surface area contributed by atoms with Gasteiger partial charge in [0.25, 0.3) is 0 Å². The zero-order valence-electron chi connectivity index (χ0n) is 17.1. The van der Waals surface area contributed by atoms with Crippen molar-refractivity contribution in [1.82, 2.24) is 9.88 Å². The maximum Gasteiger partial charge on any atom is 0.220 e. The first-order chi connectivity index (χ1) is 14.6. The van der Waals surface area contributed by atoms with Crippen LogP contribution in [0.2, 0.25) is 0 Å². The average Bonchev–Trinajstić information content (AvgIpc) is 3.11. The van der Waals surface area contributed by atoms with Crippen LogP contribution in [0, 0.1) is 6.92 Å². The summed E-state index contributed by atoms with van der Waals surface area (Å²) in [6, 6.07) is 24.9. The van der Waals surface area contributed by atoms with E-state index in [2.05, 4.69) is 87.5 Å². The van der Waals surface area contributed by atoms with Gasteiger partial charge in [0.2, 0.25) is 5.91 Å². The Morgan fingerprint density at radius 1 is 0.900 bits per heavy atom. The van der Waals surface area contributed by atoms with E-state index in [-0.39, 0.29) is 5.91 Å². The number of amides is 1. The van der Waals surface area contributed by atoms with Gasteiger partial charge in [-0.2, -0.15) is 0 Å². The first-order valence-corrected chi connectivity index (χ1v) is 11.0. The monoisotopic (exact) mass is 460 g/mol. The van der Waals surface area contributed by atoms with Crippen LogP contribution in [0.4, 0.5) is 0 Å². The summed E-state index contributed by atoms with van der Waals surface area (Å²) >= 11 is 3.53. The molecule has 4 aromatic rings. The zero-order valence-corrected chi connectivity index (χ0v) is 18.7. The van der Waals surface area contributed by atoms with E-state index >= 15 is 0 Å². The van der Waals surface area contributed by atoms with Gasteiger partial charge in [0.15, 0.2) is 0 Å². The van der Waals surface area contributed by atoms with Crippen LogP contribution >= 0.6 is 15.9 Å². The van der Waals surface area contributed by atoms with Crippen molar-refractivity contribution in [2.75, 3.05) is 0 Å². The average molecular weight is 461 g/mol. The predicted molar refractivity (Wildman–Crippen MR) is 127 cm³/mol. The fraction of sp³-hybridized carbons (Fsp3) is 0.192. The number of para-hydroxylation sites is 1. The molecule has 3 aromatic carbocycles. The molecule has 0 saturated carbocycles. The second-order valence-corrected chi connectivity index (χ2v) is 8.45. The van der Waals surface area contributed by atoms with E-state index in [1.54, 1.807) is 0 Å². The molecule has 1 heterocycles. The third kappa shape index (κ3) is 4.65. The van der Waals surface area contributed by atoms with Crippen LogP contribution in [-0.2, 0) is 24.3 Å². The molecule has 0 saturated heterocycles. The van der Waals surface area contributed by atoms with Gasteiger partial charge in [0.05, 0.1) is 0 Å². The Kier molecular flexibility index (Phi) is 6.34. The maximum absolute atomic E-state index is 12.4. The van der Waals surface area contributed by atoms with E-state index in [4.69, 9.17) is 0 Å².